The first-order valence-electron chi connectivity index (χ1n) is 10.4. The van der Waals surface area contributed by atoms with E-state index in [0.29, 0.717) is 46.1 Å². The predicted molar refractivity (Wildman–Crippen MR) is 130 cm³/mol. The second-order valence-electron chi connectivity index (χ2n) is 7.44. The molecule has 0 atom stereocenters. The standard InChI is InChI=1S/C25H23ClN4O2/c1-2-8-23-29-22-14-13-19(28-25(32)27-18-10-4-3-5-11-18)15-20(22)24(31)30(23)16-17-9-6-7-12-21(17)26/h3-7,9-15H,2,8,16H2,1H3,(H2,27,28,32). The second kappa shape index (κ2) is 9.66. The van der Waals surface area contributed by atoms with Crippen LogP contribution < -0.4 is 16.2 Å². The number of hydrogen-bond donors (Lipinski definition) is 2. The van der Waals surface area contributed by atoms with Gasteiger partial charge in [0.1, 0.15) is 5.82 Å². The van der Waals surface area contributed by atoms with Gasteiger partial charge in [-0.1, -0.05) is 54.9 Å². The van der Waals surface area contributed by atoms with Gasteiger partial charge in [0, 0.05) is 22.8 Å². The number of amides is 2. The van der Waals surface area contributed by atoms with E-state index in [4.69, 9.17) is 16.6 Å². The molecule has 0 aliphatic rings. The SMILES string of the molecule is CCCc1nc2ccc(NC(=O)Nc3ccccc3)cc2c(=O)n1Cc1ccccc1Cl. The number of urea groups is 1. The van der Waals surface area contributed by atoms with E-state index in [1.54, 1.807) is 34.9 Å². The lowest BCUT2D eigenvalue weighted by atomic mass is 10.1. The average Bonchev–Trinajstić information content (AvgIpc) is 2.79. The molecule has 4 rings (SSSR count). The van der Waals surface area contributed by atoms with Crippen LogP contribution in [0.1, 0.15) is 24.7 Å². The van der Waals surface area contributed by atoms with Gasteiger partial charge in [-0.15, -0.1) is 0 Å². The summed E-state index contributed by atoms with van der Waals surface area (Å²) in [6, 6.07) is 21.4. The van der Waals surface area contributed by atoms with E-state index in [2.05, 4.69) is 17.6 Å². The maximum absolute atomic E-state index is 13.4. The van der Waals surface area contributed by atoms with Gasteiger partial charge in [-0.3, -0.25) is 9.36 Å². The van der Waals surface area contributed by atoms with E-state index in [1.165, 1.54) is 0 Å². The van der Waals surface area contributed by atoms with Crippen molar-refractivity contribution in [3.63, 3.8) is 0 Å². The van der Waals surface area contributed by atoms with E-state index in [9.17, 15) is 9.59 Å². The number of aryl methyl sites for hydroxylation is 1. The van der Waals surface area contributed by atoms with E-state index in [0.717, 1.165) is 12.0 Å². The quantitative estimate of drug-likeness (QED) is 0.399. The number of nitrogens with zero attached hydrogens (tertiary/aromatic N) is 2. The number of fused-ring (bicyclic) bond motifs is 1. The smallest absolute Gasteiger partial charge is 0.308 e. The zero-order valence-electron chi connectivity index (χ0n) is 17.6. The summed E-state index contributed by atoms with van der Waals surface area (Å²) < 4.78 is 1.67. The predicted octanol–water partition coefficient (Wildman–Crippen LogP) is 5.69. The van der Waals surface area contributed by atoms with E-state index < -0.39 is 0 Å². The molecule has 2 amide bonds. The Kier molecular flexibility index (Phi) is 6.52. The molecule has 7 heteroatoms. The molecule has 0 aliphatic carbocycles. The first kappa shape index (κ1) is 21.6. The molecule has 4 aromatic rings. The molecule has 1 heterocycles. The van der Waals surface area contributed by atoms with Crippen LogP contribution in [0.15, 0.2) is 77.6 Å². The first-order chi connectivity index (χ1) is 15.5. The van der Waals surface area contributed by atoms with Crippen LogP contribution in [0.5, 0.6) is 0 Å². The lowest BCUT2D eigenvalue weighted by Gasteiger charge is -2.15. The minimum atomic E-state index is -0.387. The molecule has 162 valence electrons. The number of carbonyl (C=O) groups excluding carboxylic acids is 1. The molecule has 0 fully saturated rings. The Labute approximate surface area is 190 Å². The number of benzene rings is 3. The fourth-order valence-corrected chi connectivity index (χ4v) is 3.73. The number of para-hydroxylation sites is 1. The lowest BCUT2D eigenvalue weighted by Crippen LogP contribution is -2.26. The maximum atomic E-state index is 13.4. The summed E-state index contributed by atoms with van der Waals surface area (Å²) in [4.78, 5) is 30.5. The van der Waals surface area contributed by atoms with Crippen LogP contribution in [-0.4, -0.2) is 15.6 Å². The molecule has 0 saturated heterocycles. The lowest BCUT2D eigenvalue weighted by molar-refractivity contribution is 0.262. The number of hydrogen-bond acceptors (Lipinski definition) is 3. The van der Waals surface area contributed by atoms with Crippen molar-refractivity contribution >= 4 is 39.9 Å². The van der Waals surface area contributed by atoms with Crippen LogP contribution in [0.3, 0.4) is 0 Å². The minimum absolute atomic E-state index is 0.162. The molecule has 0 radical (unpaired) electrons. The highest BCUT2D eigenvalue weighted by Gasteiger charge is 2.13. The van der Waals surface area contributed by atoms with Gasteiger partial charge in [-0.05, 0) is 48.4 Å². The number of aromatic nitrogens is 2. The molecule has 0 bridgehead atoms. The summed E-state index contributed by atoms with van der Waals surface area (Å²) in [5.74, 6) is 0.715. The van der Waals surface area contributed by atoms with Crippen molar-refractivity contribution in [1.29, 1.82) is 0 Å². The summed E-state index contributed by atoms with van der Waals surface area (Å²) in [6.07, 6.45) is 1.54. The van der Waals surface area contributed by atoms with Crippen LogP contribution >= 0.6 is 11.6 Å². The van der Waals surface area contributed by atoms with Crippen LogP contribution in [0.4, 0.5) is 16.2 Å². The molecular formula is C25H23ClN4O2. The summed E-state index contributed by atoms with van der Waals surface area (Å²) >= 11 is 6.33. The normalized spacial score (nSPS) is 10.8. The van der Waals surface area contributed by atoms with Crippen LogP contribution in [0, 0.1) is 0 Å². The fourth-order valence-electron chi connectivity index (χ4n) is 3.53. The zero-order valence-corrected chi connectivity index (χ0v) is 18.4. The highest BCUT2D eigenvalue weighted by molar-refractivity contribution is 6.31. The first-order valence-corrected chi connectivity index (χ1v) is 10.8. The van der Waals surface area contributed by atoms with E-state index >= 15 is 0 Å². The monoisotopic (exact) mass is 446 g/mol. The molecule has 0 saturated carbocycles. The Bertz CT molecular complexity index is 1320. The molecule has 0 unspecified atom stereocenters. The maximum Gasteiger partial charge on any atom is 0.323 e. The van der Waals surface area contributed by atoms with Crippen molar-refractivity contribution in [2.75, 3.05) is 10.6 Å². The van der Waals surface area contributed by atoms with Gasteiger partial charge < -0.3 is 10.6 Å². The molecule has 3 aromatic carbocycles. The Balaban J connectivity index is 1.68. The van der Waals surface area contributed by atoms with Crippen LogP contribution in [0.2, 0.25) is 5.02 Å². The Morgan fingerprint density at radius 3 is 2.44 bits per heavy atom. The van der Waals surface area contributed by atoms with Crippen molar-refractivity contribution in [2.24, 2.45) is 0 Å². The van der Waals surface area contributed by atoms with Gasteiger partial charge in [0.2, 0.25) is 0 Å². The third-order valence-electron chi connectivity index (χ3n) is 5.08. The van der Waals surface area contributed by atoms with Crippen molar-refractivity contribution < 1.29 is 4.79 Å². The Morgan fingerprint density at radius 1 is 0.969 bits per heavy atom. The summed E-state index contributed by atoms with van der Waals surface area (Å²) in [6.45, 7) is 2.39. The molecule has 6 nitrogen and oxygen atoms in total. The zero-order chi connectivity index (χ0) is 22.5. The molecule has 0 aliphatic heterocycles. The third-order valence-corrected chi connectivity index (χ3v) is 5.45. The van der Waals surface area contributed by atoms with Gasteiger partial charge >= 0.3 is 6.03 Å². The minimum Gasteiger partial charge on any atom is -0.308 e. The number of anilines is 2. The second-order valence-corrected chi connectivity index (χ2v) is 7.85. The Hall–Kier alpha value is -3.64. The van der Waals surface area contributed by atoms with Gasteiger partial charge in [0.15, 0.2) is 0 Å². The van der Waals surface area contributed by atoms with Gasteiger partial charge in [0.25, 0.3) is 5.56 Å². The van der Waals surface area contributed by atoms with Crippen molar-refractivity contribution in [2.45, 2.75) is 26.3 Å². The molecule has 0 spiro atoms. The Morgan fingerprint density at radius 2 is 1.69 bits per heavy atom. The molecular weight excluding hydrogens is 424 g/mol. The largest absolute Gasteiger partial charge is 0.323 e. The van der Waals surface area contributed by atoms with Crippen LogP contribution in [0.25, 0.3) is 10.9 Å². The third kappa shape index (κ3) is 4.81. The molecule has 32 heavy (non-hydrogen) atoms. The summed E-state index contributed by atoms with van der Waals surface area (Å²) in [7, 11) is 0. The van der Waals surface area contributed by atoms with Crippen LogP contribution in [-0.2, 0) is 13.0 Å². The highest BCUT2D eigenvalue weighted by Crippen LogP contribution is 2.20. The average molecular weight is 447 g/mol. The number of carbonyl (C=O) groups is 1. The molecule has 1 aromatic heterocycles. The molecule has 2 N–H and O–H groups in total. The highest BCUT2D eigenvalue weighted by atomic mass is 35.5. The summed E-state index contributed by atoms with van der Waals surface area (Å²) in [5, 5.41) is 6.59. The number of halogens is 1. The van der Waals surface area contributed by atoms with Crippen molar-refractivity contribution in [3.05, 3.63) is 99.6 Å². The van der Waals surface area contributed by atoms with Gasteiger partial charge in [-0.2, -0.15) is 0 Å². The number of nitrogens with one attached hydrogen (secondary N) is 2. The van der Waals surface area contributed by atoms with Gasteiger partial charge in [-0.25, -0.2) is 9.78 Å². The van der Waals surface area contributed by atoms with E-state index in [1.807, 2.05) is 42.5 Å². The van der Waals surface area contributed by atoms with Gasteiger partial charge in [0.05, 0.1) is 17.4 Å². The summed E-state index contributed by atoms with van der Waals surface area (Å²) in [5.41, 5.74) is 2.48. The van der Waals surface area contributed by atoms with Crippen molar-refractivity contribution in [3.8, 4) is 0 Å². The van der Waals surface area contributed by atoms with Crippen molar-refractivity contribution in [1.82, 2.24) is 9.55 Å². The fraction of sp³-hybridized carbons (Fsp3) is 0.160. The number of rotatable bonds is 6. The topological polar surface area (TPSA) is 76.0 Å². The van der Waals surface area contributed by atoms with E-state index in [-0.39, 0.29) is 11.6 Å².